The Morgan fingerprint density at radius 2 is 1.74 bits per heavy atom. The quantitative estimate of drug-likeness (QED) is 0.807. The molecule has 0 heterocycles. The molecule has 0 aliphatic rings. The van der Waals surface area contributed by atoms with Crippen molar-refractivity contribution in [2.75, 3.05) is 11.1 Å². The molecule has 0 aliphatic heterocycles. The number of carboxylic acids is 1. The zero-order valence-corrected chi connectivity index (χ0v) is 11.4. The number of sulfone groups is 1. The van der Waals surface area contributed by atoms with Gasteiger partial charge < -0.3 is 15.2 Å². The molecule has 104 valence electrons. The van der Waals surface area contributed by atoms with E-state index in [-0.39, 0.29) is 5.56 Å². The number of amides is 1. The highest BCUT2D eigenvalue weighted by molar-refractivity contribution is 7.92. The van der Waals surface area contributed by atoms with Crippen LogP contribution in [0.2, 0.25) is 0 Å². The highest BCUT2D eigenvalue weighted by Crippen LogP contribution is 2.10. The van der Waals surface area contributed by atoms with Gasteiger partial charge in [0, 0.05) is 5.69 Å². The molecule has 0 saturated heterocycles. The minimum absolute atomic E-state index is 0.0206. The van der Waals surface area contributed by atoms with Gasteiger partial charge in [0.05, 0.1) is 11.2 Å². The van der Waals surface area contributed by atoms with Crippen LogP contribution in [0.4, 0.5) is 5.69 Å². The van der Waals surface area contributed by atoms with Crippen molar-refractivity contribution in [3.8, 4) is 0 Å². The van der Waals surface area contributed by atoms with Gasteiger partial charge in [0.2, 0.25) is 5.91 Å². The van der Waals surface area contributed by atoms with Crippen LogP contribution >= 0.6 is 0 Å². The Morgan fingerprint density at radius 1 is 1.21 bits per heavy atom. The Kier molecular flexibility index (Phi) is 4.66. The largest absolute Gasteiger partial charge is 0.545 e. The van der Waals surface area contributed by atoms with Crippen molar-refractivity contribution < 1.29 is 23.1 Å². The molecular formula is C12H14NO5S-. The molecule has 7 heteroatoms. The number of carbonyl (C=O) groups is 2. The van der Waals surface area contributed by atoms with Crippen molar-refractivity contribution in [2.45, 2.75) is 19.1 Å². The Hall–Kier alpha value is -1.89. The summed E-state index contributed by atoms with van der Waals surface area (Å²) in [6, 6.07) is 5.26. The summed E-state index contributed by atoms with van der Waals surface area (Å²) in [5.74, 6) is -2.58. The van der Waals surface area contributed by atoms with E-state index in [9.17, 15) is 23.1 Å². The fraction of sp³-hybridized carbons (Fsp3) is 0.333. The Bertz CT molecular complexity index is 575. The predicted octanol–water partition coefficient (Wildman–Crippen LogP) is -0.188. The molecular weight excluding hydrogens is 270 g/mol. The number of hydrogen-bond acceptors (Lipinski definition) is 5. The molecule has 1 aromatic rings. The zero-order valence-electron chi connectivity index (χ0n) is 10.5. The standard InChI is InChI=1S/C12H15NO5S/c1-8(2)19(17,18)7-11(14)13-10-5-3-9(4-6-10)12(15)16/h3-6,8H,7H2,1-2H3,(H,13,14)(H,15,16)/p-1. The lowest BCUT2D eigenvalue weighted by atomic mass is 10.2. The number of anilines is 1. The fourth-order valence-corrected chi connectivity index (χ4v) is 2.01. The molecule has 1 rings (SSSR count). The molecule has 0 fully saturated rings. The first kappa shape index (κ1) is 15.2. The number of carbonyl (C=O) groups excluding carboxylic acids is 2. The monoisotopic (exact) mass is 284 g/mol. The van der Waals surface area contributed by atoms with Gasteiger partial charge in [-0.1, -0.05) is 12.1 Å². The van der Waals surface area contributed by atoms with Gasteiger partial charge in [-0.15, -0.1) is 0 Å². The van der Waals surface area contributed by atoms with E-state index in [4.69, 9.17) is 0 Å². The van der Waals surface area contributed by atoms with Crippen molar-refractivity contribution >= 4 is 27.4 Å². The average molecular weight is 284 g/mol. The normalized spacial score (nSPS) is 11.3. The molecule has 0 bridgehead atoms. The van der Waals surface area contributed by atoms with Crippen LogP contribution in [0.5, 0.6) is 0 Å². The second kappa shape index (κ2) is 5.83. The first-order chi connectivity index (χ1) is 8.72. The first-order valence-electron chi connectivity index (χ1n) is 5.55. The minimum Gasteiger partial charge on any atom is -0.545 e. The van der Waals surface area contributed by atoms with E-state index < -0.39 is 32.7 Å². The van der Waals surface area contributed by atoms with Gasteiger partial charge in [-0.25, -0.2) is 8.42 Å². The highest BCUT2D eigenvalue weighted by atomic mass is 32.2. The average Bonchev–Trinajstić information content (AvgIpc) is 2.28. The van der Waals surface area contributed by atoms with Gasteiger partial charge in [0.15, 0.2) is 9.84 Å². The van der Waals surface area contributed by atoms with Gasteiger partial charge in [0.1, 0.15) is 5.75 Å². The van der Waals surface area contributed by atoms with Crippen molar-refractivity contribution in [2.24, 2.45) is 0 Å². The third-order valence-electron chi connectivity index (χ3n) is 2.45. The summed E-state index contributed by atoms with van der Waals surface area (Å²) in [6.07, 6.45) is 0. The van der Waals surface area contributed by atoms with Crippen LogP contribution in [0.15, 0.2) is 24.3 Å². The molecule has 0 spiro atoms. The molecule has 1 amide bonds. The van der Waals surface area contributed by atoms with E-state index in [1.54, 1.807) is 0 Å². The molecule has 0 atom stereocenters. The Morgan fingerprint density at radius 3 is 2.16 bits per heavy atom. The molecule has 19 heavy (non-hydrogen) atoms. The van der Waals surface area contributed by atoms with E-state index in [1.165, 1.54) is 38.1 Å². The van der Waals surface area contributed by atoms with Crippen LogP contribution in [0.3, 0.4) is 0 Å². The summed E-state index contributed by atoms with van der Waals surface area (Å²) in [7, 11) is -3.46. The van der Waals surface area contributed by atoms with Crippen LogP contribution in [0.25, 0.3) is 0 Å². The highest BCUT2D eigenvalue weighted by Gasteiger charge is 2.20. The SMILES string of the molecule is CC(C)S(=O)(=O)CC(=O)Nc1ccc(C(=O)[O-])cc1. The Labute approximate surface area is 111 Å². The predicted molar refractivity (Wildman–Crippen MR) is 68.3 cm³/mol. The molecule has 0 saturated carbocycles. The van der Waals surface area contributed by atoms with Gasteiger partial charge in [-0.3, -0.25) is 4.79 Å². The smallest absolute Gasteiger partial charge is 0.239 e. The number of benzene rings is 1. The van der Waals surface area contributed by atoms with Crippen molar-refractivity contribution in [3.63, 3.8) is 0 Å². The van der Waals surface area contributed by atoms with Crippen LogP contribution < -0.4 is 10.4 Å². The minimum atomic E-state index is -3.46. The van der Waals surface area contributed by atoms with Crippen LogP contribution in [0, 0.1) is 0 Å². The molecule has 0 aliphatic carbocycles. The van der Waals surface area contributed by atoms with E-state index in [1.807, 2.05) is 0 Å². The van der Waals surface area contributed by atoms with E-state index >= 15 is 0 Å². The molecule has 0 radical (unpaired) electrons. The molecule has 6 nitrogen and oxygen atoms in total. The maximum absolute atomic E-state index is 11.5. The zero-order chi connectivity index (χ0) is 14.6. The van der Waals surface area contributed by atoms with Crippen molar-refractivity contribution in [3.05, 3.63) is 29.8 Å². The first-order valence-corrected chi connectivity index (χ1v) is 7.27. The number of nitrogens with one attached hydrogen (secondary N) is 1. The van der Waals surface area contributed by atoms with E-state index in [0.717, 1.165) is 0 Å². The van der Waals surface area contributed by atoms with Gasteiger partial charge in [-0.05, 0) is 31.5 Å². The summed E-state index contributed by atoms with van der Waals surface area (Å²) >= 11 is 0. The topological polar surface area (TPSA) is 103 Å². The summed E-state index contributed by atoms with van der Waals surface area (Å²) < 4.78 is 23.1. The summed E-state index contributed by atoms with van der Waals surface area (Å²) in [5, 5.41) is 12.3. The third-order valence-corrected chi connectivity index (χ3v) is 4.56. The fourth-order valence-electron chi connectivity index (χ4n) is 1.24. The number of hydrogen-bond donors (Lipinski definition) is 1. The second-order valence-corrected chi connectivity index (χ2v) is 6.83. The lowest BCUT2D eigenvalue weighted by Gasteiger charge is -2.09. The van der Waals surface area contributed by atoms with Gasteiger partial charge >= 0.3 is 0 Å². The van der Waals surface area contributed by atoms with Crippen LogP contribution in [-0.4, -0.2) is 31.3 Å². The van der Waals surface area contributed by atoms with Crippen LogP contribution in [0.1, 0.15) is 24.2 Å². The second-order valence-electron chi connectivity index (χ2n) is 4.27. The Balaban J connectivity index is 2.70. The maximum atomic E-state index is 11.5. The van der Waals surface area contributed by atoms with Crippen molar-refractivity contribution in [1.29, 1.82) is 0 Å². The molecule has 0 aromatic heterocycles. The lowest BCUT2D eigenvalue weighted by Crippen LogP contribution is -2.28. The number of carboxylic acid groups (broad SMARTS) is 1. The lowest BCUT2D eigenvalue weighted by molar-refractivity contribution is -0.255. The van der Waals surface area contributed by atoms with E-state index in [0.29, 0.717) is 5.69 Å². The summed E-state index contributed by atoms with van der Waals surface area (Å²) in [4.78, 5) is 22.1. The number of aromatic carboxylic acids is 1. The summed E-state index contributed by atoms with van der Waals surface area (Å²) in [6.45, 7) is 2.99. The molecule has 0 unspecified atom stereocenters. The number of rotatable bonds is 5. The molecule has 1 N–H and O–H groups in total. The van der Waals surface area contributed by atoms with Gasteiger partial charge in [0.25, 0.3) is 0 Å². The molecule has 1 aromatic carbocycles. The van der Waals surface area contributed by atoms with E-state index in [2.05, 4.69) is 5.32 Å². The van der Waals surface area contributed by atoms with Crippen molar-refractivity contribution in [1.82, 2.24) is 0 Å². The maximum Gasteiger partial charge on any atom is 0.239 e. The summed E-state index contributed by atoms with van der Waals surface area (Å²) in [5.41, 5.74) is 0.307. The van der Waals surface area contributed by atoms with Crippen LogP contribution in [-0.2, 0) is 14.6 Å². The third kappa shape index (κ3) is 4.36. The van der Waals surface area contributed by atoms with Gasteiger partial charge in [-0.2, -0.15) is 0 Å².